The third kappa shape index (κ3) is 1.31. The molecule has 0 fully saturated rings. The van der Waals surface area contributed by atoms with Gasteiger partial charge in [0.2, 0.25) is 0 Å². The van der Waals surface area contributed by atoms with Crippen LogP contribution < -0.4 is 0 Å². The van der Waals surface area contributed by atoms with E-state index in [1.165, 1.54) is 0 Å². The Bertz CT molecular complexity index is 247. The maximum absolute atomic E-state index is 3.84. The fraction of sp³-hybridized carbons (Fsp3) is 0.143. The van der Waals surface area contributed by atoms with Crippen LogP contribution in [0.3, 0.4) is 0 Å². The predicted molar refractivity (Wildman–Crippen MR) is 41.9 cm³/mol. The van der Waals surface area contributed by atoms with Gasteiger partial charge in [-0.1, -0.05) is 0 Å². The topological polar surface area (TPSA) is 41.0 Å². The first-order valence-corrected chi connectivity index (χ1v) is 2.97. The number of rotatable bonds is 2. The SMILES string of the molecule is C=N/C=C\c1[nH]ncc1C. The zero-order valence-electron chi connectivity index (χ0n) is 5.83. The Morgan fingerprint density at radius 1 is 1.80 bits per heavy atom. The summed E-state index contributed by atoms with van der Waals surface area (Å²) in [5.74, 6) is 0. The second-order valence-corrected chi connectivity index (χ2v) is 1.97. The van der Waals surface area contributed by atoms with Crippen LogP contribution in [0.4, 0.5) is 0 Å². The number of hydrogen-bond donors (Lipinski definition) is 1. The number of aryl methyl sites for hydroxylation is 1. The molecule has 1 aromatic heterocycles. The van der Waals surface area contributed by atoms with Gasteiger partial charge in [-0.15, -0.1) is 0 Å². The summed E-state index contributed by atoms with van der Waals surface area (Å²) in [6.07, 6.45) is 5.22. The second-order valence-electron chi connectivity index (χ2n) is 1.97. The molecule has 3 heteroatoms. The molecule has 1 N–H and O–H groups in total. The van der Waals surface area contributed by atoms with E-state index in [2.05, 4.69) is 21.9 Å². The van der Waals surface area contributed by atoms with Crippen molar-refractivity contribution in [3.8, 4) is 0 Å². The summed E-state index contributed by atoms with van der Waals surface area (Å²) >= 11 is 0. The molecule has 0 spiro atoms. The number of nitrogens with one attached hydrogen (secondary N) is 1. The van der Waals surface area contributed by atoms with Gasteiger partial charge >= 0.3 is 0 Å². The fourth-order valence-corrected chi connectivity index (χ4v) is 0.652. The number of hydrogen-bond acceptors (Lipinski definition) is 2. The molecule has 10 heavy (non-hydrogen) atoms. The van der Waals surface area contributed by atoms with Crippen LogP contribution in [0.15, 0.2) is 17.4 Å². The van der Waals surface area contributed by atoms with Gasteiger partial charge in [-0.3, -0.25) is 10.1 Å². The average Bonchev–Trinajstić information content (AvgIpc) is 2.31. The summed E-state index contributed by atoms with van der Waals surface area (Å²) in [5.41, 5.74) is 2.09. The van der Waals surface area contributed by atoms with Crippen molar-refractivity contribution in [3.63, 3.8) is 0 Å². The van der Waals surface area contributed by atoms with Crippen LogP contribution in [0.5, 0.6) is 0 Å². The molecule has 0 aliphatic carbocycles. The first-order valence-electron chi connectivity index (χ1n) is 2.97. The van der Waals surface area contributed by atoms with Gasteiger partial charge in [-0.25, -0.2) is 0 Å². The summed E-state index contributed by atoms with van der Waals surface area (Å²) < 4.78 is 0. The molecule has 0 aromatic carbocycles. The zero-order valence-corrected chi connectivity index (χ0v) is 5.83. The lowest BCUT2D eigenvalue weighted by Crippen LogP contribution is -1.73. The van der Waals surface area contributed by atoms with E-state index in [1.807, 2.05) is 13.0 Å². The van der Waals surface area contributed by atoms with E-state index in [9.17, 15) is 0 Å². The summed E-state index contributed by atoms with van der Waals surface area (Å²) in [6, 6.07) is 0. The Labute approximate surface area is 59.5 Å². The van der Waals surface area contributed by atoms with Crippen molar-refractivity contribution in [3.05, 3.63) is 23.7 Å². The molecule has 3 nitrogen and oxygen atoms in total. The van der Waals surface area contributed by atoms with Gasteiger partial charge in [0.25, 0.3) is 0 Å². The van der Waals surface area contributed by atoms with E-state index in [0.717, 1.165) is 11.3 Å². The van der Waals surface area contributed by atoms with Gasteiger partial charge < -0.3 is 0 Å². The highest BCUT2D eigenvalue weighted by Gasteiger charge is 1.91. The minimum absolute atomic E-state index is 0.979. The lowest BCUT2D eigenvalue weighted by molar-refractivity contribution is 1.08. The van der Waals surface area contributed by atoms with Crippen molar-refractivity contribution in [1.29, 1.82) is 0 Å². The first kappa shape index (κ1) is 6.74. The van der Waals surface area contributed by atoms with Gasteiger partial charge in [0, 0.05) is 6.20 Å². The first-order chi connectivity index (χ1) is 4.84. The number of aliphatic imine (C=N–C) groups is 1. The molecule has 0 saturated heterocycles. The van der Waals surface area contributed by atoms with Crippen molar-refractivity contribution in [2.24, 2.45) is 4.99 Å². The largest absolute Gasteiger partial charge is 0.278 e. The van der Waals surface area contributed by atoms with Gasteiger partial charge in [0.05, 0.1) is 11.9 Å². The van der Waals surface area contributed by atoms with Crippen molar-refractivity contribution in [2.75, 3.05) is 0 Å². The number of H-pyrrole nitrogens is 1. The van der Waals surface area contributed by atoms with Gasteiger partial charge in [0.15, 0.2) is 0 Å². The highest BCUT2D eigenvalue weighted by atomic mass is 15.1. The zero-order chi connectivity index (χ0) is 7.40. The quantitative estimate of drug-likeness (QED) is 0.611. The van der Waals surface area contributed by atoms with Gasteiger partial charge in [-0.2, -0.15) is 5.10 Å². The predicted octanol–water partition coefficient (Wildman–Crippen LogP) is 1.39. The maximum atomic E-state index is 3.84. The summed E-state index contributed by atoms with van der Waals surface area (Å²) in [5, 5.41) is 6.65. The average molecular weight is 135 g/mol. The Morgan fingerprint density at radius 2 is 2.60 bits per heavy atom. The van der Waals surface area contributed by atoms with E-state index in [-0.39, 0.29) is 0 Å². The van der Waals surface area contributed by atoms with Crippen LogP contribution in [0.2, 0.25) is 0 Å². The van der Waals surface area contributed by atoms with Crippen molar-refractivity contribution < 1.29 is 0 Å². The third-order valence-electron chi connectivity index (χ3n) is 1.21. The maximum Gasteiger partial charge on any atom is 0.0622 e. The van der Waals surface area contributed by atoms with Gasteiger partial charge in [-0.05, 0) is 25.3 Å². The van der Waals surface area contributed by atoms with E-state index < -0.39 is 0 Å². The molecular formula is C7H9N3. The highest BCUT2D eigenvalue weighted by Crippen LogP contribution is 2.03. The van der Waals surface area contributed by atoms with Crippen LogP contribution in [-0.4, -0.2) is 16.9 Å². The van der Waals surface area contributed by atoms with E-state index in [0.29, 0.717) is 0 Å². The molecule has 1 heterocycles. The molecule has 0 atom stereocenters. The molecular weight excluding hydrogens is 126 g/mol. The monoisotopic (exact) mass is 135 g/mol. The Morgan fingerprint density at radius 3 is 3.10 bits per heavy atom. The second kappa shape index (κ2) is 2.96. The minimum atomic E-state index is 0.979. The standard InChI is InChI=1S/C7H9N3/c1-6-5-9-10-7(6)3-4-8-2/h3-5H,2H2,1H3,(H,9,10)/b4-3-. The van der Waals surface area contributed by atoms with E-state index in [1.54, 1.807) is 12.4 Å². The van der Waals surface area contributed by atoms with Crippen LogP contribution >= 0.6 is 0 Å². The molecule has 1 aromatic rings. The minimum Gasteiger partial charge on any atom is -0.278 e. The fourth-order valence-electron chi connectivity index (χ4n) is 0.652. The Kier molecular flexibility index (Phi) is 1.99. The summed E-state index contributed by atoms with van der Waals surface area (Å²) in [4.78, 5) is 3.57. The van der Waals surface area contributed by atoms with E-state index in [4.69, 9.17) is 0 Å². The van der Waals surface area contributed by atoms with Crippen LogP contribution in [-0.2, 0) is 0 Å². The van der Waals surface area contributed by atoms with Crippen LogP contribution in [0.25, 0.3) is 6.08 Å². The summed E-state index contributed by atoms with van der Waals surface area (Å²) in [6.45, 7) is 5.30. The van der Waals surface area contributed by atoms with E-state index >= 15 is 0 Å². The normalized spacial score (nSPS) is 10.5. The molecule has 0 aliphatic rings. The molecule has 1 rings (SSSR count). The molecule has 0 aliphatic heterocycles. The number of nitrogens with zero attached hydrogens (tertiary/aromatic N) is 2. The summed E-state index contributed by atoms with van der Waals surface area (Å²) in [7, 11) is 0. The Hall–Kier alpha value is -1.38. The van der Waals surface area contributed by atoms with Crippen molar-refractivity contribution in [2.45, 2.75) is 6.92 Å². The lowest BCUT2D eigenvalue weighted by atomic mass is 10.3. The number of aromatic nitrogens is 2. The van der Waals surface area contributed by atoms with Gasteiger partial charge in [0.1, 0.15) is 0 Å². The lowest BCUT2D eigenvalue weighted by Gasteiger charge is -1.84. The third-order valence-corrected chi connectivity index (χ3v) is 1.21. The molecule has 0 amide bonds. The van der Waals surface area contributed by atoms with Crippen molar-refractivity contribution in [1.82, 2.24) is 10.2 Å². The molecule has 0 radical (unpaired) electrons. The smallest absolute Gasteiger partial charge is 0.0622 e. The van der Waals surface area contributed by atoms with Crippen LogP contribution in [0.1, 0.15) is 11.3 Å². The molecule has 0 bridgehead atoms. The molecule has 0 unspecified atom stereocenters. The highest BCUT2D eigenvalue weighted by molar-refractivity contribution is 5.48. The van der Waals surface area contributed by atoms with Crippen LogP contribution in [0, 0.1) is 6.92 Å². The Balaban J connectivity index is 2.83. The molecule has 0 saturated carbocycles. The number of aromatic amines is 1. The molecule has 52 valence electrons. The van der Waals surface area contributed by atoms with Crippen molar-refractivity contribution >= 4 is 12.8 Å².